The predicted molar refractivity (Wildman–Crippen MR) is 316 cm³/mol. The minimum absolute atomic E-state index is 0.0121. The average molecular weight is 1250 g/mol. The molecule has 14 N–H and O–H groups in total. The number of amides is 6. The molecule has 0 fully saturated rings. The molecule has 0 bridgehead atoms. The predicted octanol–water partition coefficient (Wildman–Crippen LogP) is 0.664. The van der Waals surface area contributed by atoms with E-state index in [4.69, 9.17) is 31.4 Å². The lowest BCUT2D eigenvalue weighted by Crippen LogP contribution is -2.58. The van der Waals surface area contributed by atoms with E-state index >= 15 is 0 Å². The molecule has 6 amide bonds. The second-order valence-electron chi connectivity index (χ2n) is 22.0. The van der Waals surface area contributed by atoms with Crippen molar-refractivity contribution in [2.45, 2.75) is 173 Å². The van der Waals surface area contributed by atoms with Gasteiger partial charge in [0.25, 0.3) is 11.5 Å². The molecule has 0 saturated carbocycles. The van der Waals surface area contributed by atoms with E-state index in [1.807, 2.05) is 6.92 Å². The number of aliphatic imine (C=N–C) groups is 2. The number of halogens is 3. The Labute approximate surface area is 506 Å². The van der Waals surface area contributed by atoms with Gasteiger partial charge in [-0.25, -0.2) is 19.6 Å². The molecular formula is C55H82F3N17O13. The van der Waals surface area contributed by atoms with Crippen molar-refractivity contribution in [1.82, 2.24) is 57.2 Å². The lowest BCUT2D eigenvalue weighted by Gasteiger charge is -2.27. The number of nitrogens with one attached hydrogen (secondary N) is 8. The van der Waals surface area contributed by atoms with Gasteiger partial charge in [-0.2, -0.15) is 18.2 Å². The molecule has 3 rings (SSSR count). The number of anilines is 2. The van der Waals surface area contributed by atoms with Crippen molar-refractivity contribution in [1.29, 1.82) is 0 Å². The number of nitrogens with two attached hydrogens (primary N) is 3. The second kappa shape index (κ2) is 34.2. The number of rotatable bonds is 31. The molecule has 0 aliphatic carbocycles. The molecule has 486 valence electrons. The molecule has 5 atom stereocenters. The number of aromatic nitrogens is 4. The Morgan fingerprint density at radius 1 is 0.682 bits per heavy atom. The summed E-state index contributed by atoms with van der Waals surface area (Å²) >= 11 is 0. The number of ether oxygens (including phenoxy) is 3. The number of nitrogens with zero attached hydrogens (tertiary/aromatic N) is 6. The number of carbonyl (C=O) groups excluding carboxylic acids is 9. The molecular weight excluding hydrogens is 1160 g/mol. The average Bonchev–Trinajstić information content (AvgIpc) is 2.44. The molecule has 2 aromatic heterocycles. The number of methoxy groups -OCH3 is 1. The minimum atomic E-state index is -5.41. The quantitative estimate of drug-likeness (QED) is 0.0139. The van der Waals surface area contributed by atoms with Gasteiger partial charge in [-0.15, -0.1) is 0 Å². The molecule has 0 radical (unpaired) electrons. The van der Waals surface area contributed by atoms with Crippen LogP contribution in [-0.4, -0.2) is 167 Å². The first-order chi connectivity index (χ1) is 41.2. The van der Waals surface area contributed by atoms with Gasteiger partial charge in [0.1, 0.15) is 41.4 Å². The summed E-state index contributed by atoms with van der Waals surface area (Å²) in [6.45, 7) is 10.7. The molecule has 0 aliphatic rings. The summed E-state index contributed by atoms with van der Waals surface area (Å²) in [5, 5.41) is 18.6. The topological polar surface area (TPSA) is 443 Å². The number of fused-ring (bicyclic) bond motifs is 1. The maximum absolute atomic E-state index is 14.4. The standard InChI is InChI=1S/C55H82F3N17O13/c1-11-12-13-16-35(47(83)86-10)72-44(80)34(18-15-26-65-51(60)63-9)69-43(79)33(17-14-25-64-50(59)62-8)70-45(81)37(27-39(77)87-53(2,3)4)68-38(76)24-23-36(48(84)88-54(5,6)7)71-42(78)30-19-21-32(22-20-30)75(49(85)55(56,57)58)29-31-28-66-41-40(67-31)46(82)74-52(61)73-41/h19-22,28,33-37H,11-18,23-27,29H2,1-10H3,(H,68,76)(H,69,79)(H,70,81)(H,71,78)(H,72,80)(H3,59,62,64)(H3,60,63,65)(H3,61,66,73,74,82)/t33-,34-,35-,36-,37-/m0/s1. The molecule has 0 saturated heterocycles. The van der Waals surface area contributed by atoms with Crippen molar-refractivity contribution in [3.63, 3.8) is 0 Å². The van der Waals surface area contributed by atoms with Crippen molar-refractivity contribution in [3.05, 3.63) is 52.1 Å². The summed E-state index contributed by atoms with van der Waals surface area (Å²) in [6, 6.07) is -3.11. The van der Waals surface area contributed by atoms with Gasteiger partial charge >= 0.3 is 30.0 Å². The van der Waals surface area contributed by atoms with Crippen LogP contribution in [0.2, 0.25) is 0 Å². The maximum Gasteiger partial charge on any atom is 0.471 e. The minimum Gasteiger partial charge on any atom is -0.467 e. The van der Waals surface area contributed by atoms with Crippen LogP contribution >= 0.6 is 0 Å². The number of hydrogen-bond donors (Lipinski definition) is 11. The first-order valence-electron chi connectivity index (χ1n) is 28.1. The number of hydrogen-bond acceptors (Lipinski definition) is 19. The highest BCUT2D eigenvalue weighted by molar-refractivity contribution is 6.00. The Balaban J connectivity index is 1.96. The zero-order chi connectivity index (χ0) is 66.1. The highest BCUT2D eigenvalue weighted by Gasteiger charge is 2.43. The zero-order valence-corrected chi connectivity index (χ0v) is 51.0. The summed E-state index contributed by atoms with van der Waals surface area (Å²) in [5.74, 6) is -9.78. The first kappa shape index (κ1) is 73.1. The molecule has 3 aromatic rings. The molecule has 0 aliphatic heterocycles. The normalized spacial score (nSPS) is 13.7. The van der Waals surface area contributed by atoms with Gasteiger partial charge < -0.3 is 68.6 Å². The van der Waals surface area contributed by atoms with Gasteiger partial charge in [0, 0.05) is 44.9 Å². The van der Waals surface area contributed by atoms with Gasteiger partial charge in [-0.3, -0.25) is 58.2 Å². The molecule has 2 heterocycles. The Morgan fingerprint density at radius 2 is 1.20 bits per heavy atom. The van der Waals surface area contributed by atoms with Gasteiger partial charge in [-0.05, 0) is 104 Å². The Hall–Kier alpha value is -9.20. The van der Waals surface area contributed by atoms with E-state index in [0.717, 1.165) is 43.3 Å². The van der Waals surface area contributed by atoms with Crippen molar-refractivity contribution < 1.29 is 70.5 Å². The third-order valence-electron chi connectivity index (χ3n) is 12.4. The summed E-state index contributed by atoms with van der Waals surface area (Å²) in [5.41, 5.74) is 12.6. The van der Waals surface area contributed by atoms with Crippen LogP contribution in [0.1, 0.15) is 135 Å². The van der Waals surface area contributed by atoms with E-state index in [-0.39, 0.29) is 96.1 Å². The Kier molecular flexibility index (Phi) is 28.4. The smallest absolute Gasteiger partial charge is 0.467 e. The van der Waals surface area contributed by atoms with Crippen molar-refractivity contribution in [2.75, 3.05) is 44.9 Å². The number of guanidine groups is 2. The number of H-pyrrole nitrogens is 1. The lowest BCUT2D eigenvalue weighted by atomic mass is 10.0. The summed E-state index contributed by atoms with van der Waals surface area (Å²) in [7, 11) is 4.08. The highest BCUT2D eigenvalue weighted by atomic mass is 19.4. The molecule has 0 spiro atoms. The van der Waals surface area contributed by atoms with Gasteiger partial charge in [0.2, 0.25) is 29.6 Å². The number of benzene rings is 1. The van der Waals surface area contributed by atoms with E-state index in [0.29, 0.717) is 6.42 Å². The summed E-state index contributed by atoms with van der Waals surface area (Å²) in [4.78, 5) is 158. The van der Waals surface area contributed by atoms with E-state index < -0.39 is 132 Å². The fraction of sp³-hybridized carbons (Fsp3) is 0.582. The summed E-state index contributed by atoms with van der Waals surface area (Å²) < 4.78 is 57.9. The number of carbonyl (C=O) groups is 9. The zero-order valence-electron chi connectivity index (χ0n) is 51.0. The molecule has 30 nitrogen and oxygen atoms in total. The highest BCUT2D eigenvalue weighted by Crippen LogP contribution is 2.26. The van der Waals surface area contributed by atoms with Crippen LogP contribution in [0.25, 0.3) is 11.2 Å². The van der Waals surface area contributed by atoms with E-state index in [1.54, 1.807) is 20.8 Å². The van der Waals surface area contributed by atoms with Crippen LogP contribution in [0.4, 0.5) is 24.8 Å². The van der Waals surface area contributed by atoms with Crippen molar-refractivity contribution >= 4 is 88.1 Å². The van der Waals surface area contributed by atoms with Crippen molar-refractivity contribution in [2.24, 2.45) is 21.5 Å². The Morgan fingerprint density at radius 3 is 1.72 bits per heavy atom. The molecule has 0 unspecified atom stereocenters. The number of esters is 3. The Bertz CT molecular complexity index is 3040. The number of alkyl halides is 3. The molecule has 88 heavy (non-hydrogen) atoms. The van der Waals surface area contributed by atoms with Gasteiger partial charge in [0.15, 0.2) is 23.1 Å². The molecule has 33 heteroatoms. The van der Waals surface area contributed by atoms with Gasteiger partial charge in [0.05, 0.1) is 32.0 Å². The number of unbranched alkanes of at least 4 members (excludes halogenated alkanes) is 2. The number of nitrogen functional groups attached to an aromatic ring is 1. The monoisotopic (exact) mass is 1250 g/mol. The van der Waals surface area contributed by atoms with Crippen molar-refractivity contribution in [3.8, 4) is 0 Å². The van der Waals surface area contributed by atoms with Crippen LogP contribution < -0.4 is 64.9 Å². The largest absolute Gasteiger partial charge is 0.471 e. The SMILES string of the molecule is CCCCC[C@H](NC(=O)[C@H](CCCNC(N)=NC)NC(=O)[C@H](CCCNC(N)=NC)NC(=O)[C@H](CC(=O)OC(C)(C)C)NC(=O)CC[C@H](NC(=O)c1ccc(N(Cc2cnc3nc(N)[nH]c(=O)c3n2)C(=O)C(F)(F)F)cc1)C(=O)OC(C)(C)C)C(=O)OC. The number of aromatic amines is 1. The van der Waals surface area contributed by atoms with Crippen LogP contribution in [0.15, 0.2) is 45.2 Å². The fourth-order valence-corrected chi connectivity index (χ4v) is 8.15. The third-order valence-corrected chi connectivity index (χ3v) is 12.4. The molecule has 1 aromatic carbocycles. The van der Waals surface area contributed by atoms with E-state index in [9.17, 15) is 61.1 Å². The maximum atomic E-state index is 14.4. The third kappa shape index (κ3) is 25.4. The lowest BCUT2D eigenvalue weighted by molar-refractivity contribution is -0.170. The van der Waals surface area contributed by atoms with Crippen LogP contribution in [0, 0.1) is 0 Å². The fourth-order valence-electron chi connectivity index (χ4n) is 8.15. The summed E-state index contributed by atoms with van der Waals surface area (Å²) in [6.07, 6.45) is -3.72. The van der Waals surface area contributed by atoms with E-state index in [1.165, 1.54) is 42.0 Å². The van der Waals surface area contributed by atoms with Gasteiger partial charge in [-0.1, -0.05) is 26.2 Å². The van der Waals surface area contributed by atoms with Crippen LogP contribution in [-0.2, 0) is 59.1 Å². The van der Waals surface area contributed by atoms with Crippen LogP contribution in [0.3, 0.4) is 0 Å². The second-order valence-corrected chi connectivity index (χ2v) is 22.0. The van der Waals surface area contributed by atoms with Crippen LogP contribution in [0.5, 0.6) is 0 Å². The van der Waals surface area contributed by atoms with E-state index in [2.05, 4.69) is 67.1 Å². The first-order valence-corrected chi connectivity index (χ1v) is 28.1.